The quantitative estimate of drug-likeness (QED) is 0.652. The van der Waals surface area contributed by atoms with Gasteiger partial charge in [0, 0.05) is 6.42 Å². The number of alkyl halides is 6. The second kappa shape index (κ2) is 6.27. The first-order valence-electron chi connectivity index (χ1n) is 7.86. The van der Waals surface area contributed by atoms with E-state index in [1.54, 1.807) is 0 Å². The third-order valence-electron chi connectivity index (χ3n) is 4.28. The van der Waals surface area contributed by atoms with Crippen LogP contribution in [-0.4, -0.2) is 27.7 Å². The highest BCUT2D eigenvalue weighted by Crippen LogP contribution is 2.48. The molecule has 13 heteroatoms. The van der Waals surface area contributed by atoms with Gasteiger partial charge in [-0.15, -0.1) is 0 Å². The molecule has 0 radical (unpaired) electrons. The van der Waals surface area contributed by atoms with E-state index in [1.165, 1.54) is 35.3 Å². The van der Waals surface area contributed by atoms with Crippen LogP contribution in [0.15, 0.2) is 32.4 Å². The number of aromatic nitrogens is 2. The monoisotopic (exact) mass is 411 g/mol. The maximum absolute atomic E-state index is 13.8. The zero-order valence-corrected chi connectivity index (χ0v) is 14.1. The average Bonchev–Trinajstić information content (AvgIpc) is 3.08. The number of anilines is 1. The van der Waals surface area contributed by atoms with Gasteiger partial charge in [0.15, 0.2) is 0 Å². The van der Waals surface area contributed by atoms with Gasteiger partial charge in [0.05, 0.1) is 12.8 Å². The first-order chi connectivity index (χ1) is 12.9. The summed E-state index contributed by atoms with van der Waals surface area (Å²) in [4.78, 5) is 27.3. The molecule has 7 nitrogen and oxygen atoms in total. The third-order valence-corrected chi connectivity index (χ3v) is 4.28. The largest absolute Gasteiger partial charge is 0.467 e. The van der Waals surface area contributed by atoms with Crippen LogP contribution in [0.4, 0.5) is 32.2 Å². The minimum Gasteiger partial charge on any atom is -0.467 e. The van der Waals surface area contributed by atoms with Gasteiger partial charge < -0.3 is 4.42 Å². The first-order valence-corrected chi connectivity index (χ1v) is 7.86. The Morgan fingerprint density at radius 3 is 2.32 bits per heavy atom. The van der Waals surface area contributed by atoms with Gasteiger partial charge in [-0.2, -0.15) is 26.3 Å². The van der Waals surface area contributed by atoms with Crippen LogP contribution >= 0.6 is 0 Å². The van der Waals surface area contributed by atoms with Crippen molar-refractivity contribution in [1.29, 1.82) is 0 Å². The Morgan fingerprint density at radius 2 is 1.82 bits per heavy atom. The van der Waals surface area contributed by atoms with Crippen LogP contribution in [0.1, 0.15) is 24.7 Å². The van der Waals surface area contributed by atoms with Crippen molar-refractivity contribution in [2.75, 3.05) is 5.32 Å². The molecule has 0 aromatic carbocycles. The van der Waals surface area contributed by atoms with E-state index in [4.69, 9.17) is 4.42 Å². The fourth-order valence-electron chi connectivity index (χ4n) is 2.98. The molecule has 0 saturated heterocycles. The van der Waals surface area contributed by atoms with E-state index in [2.05, 4.69) is 5.32 Å². The summed E-state index contributed by atoms with van der Waals surface area (Å²) in [5.74, 6) is -1.38. The second-order valence-corrected chi connectivity index (χ2v) is 5.98. The van der Waals surface area contributed by atoms with E-state index in [1.807, 2.05) is 0 Å². The standard InChI is InChI=1S/C15H12F6N4O3/c1-2-8-22-10-9(13(24-8,14(16,17)18)15(19,20)21)11(26)23-12(27)25(10)6-7-4-3-5-28-7/h3-5H,2,6H2,1H3,(H,22,24)(H,23,26,27)/p+1. The fourth-order valence-corrected chi connectivity index (χ4v) is 2.98. The first kappa shape index (κ1) is 19.8. The zero-order valence-electron chi connectivity index (χ0n) is 14.1. The summed E-state index contributed by atoms with van der Waals surface area (Å²) in [5, 5.41) is 2.32. The van der Waals surface area contributed by atoms with Crippen molar-refractivity contribution in [3.8, 4) is 0 Å². The molecular weight excluding hydrogens is 398 g/mol. The number of fused-ring (bicyclic) bond motifs is 1. The molecule has 152 valence electrons. The van der Waals surface area contributed by atoms with Crippen molar-refractivity contribution in [2.45, 2.75) is 37.8 Å². The number of rotatable bonds is 3. The Bertz CT molecular complexity index is 1020. The number of nitrogens with zero attached hydrogens (tertiary/aromatic N) is 1. The predicted molar refractivity (Wildman–Crippen MR) is 82.8 cm³/mol. The van der Waals surface area contributed by atoms with Crippen LogP contribution in [0.3, 0.4) is 0 Å². The van der Waals surface area contributed by atoms with Crippen molar-refractivity contribution in [3.63, 3.8) is 0 Å². The van der Waals surface area contributed by atoms with Gasteiger partial charge in [0.2, 0.25) is 11.7 Å². The summed E-state index contributed by atoms with van der Waals surface area (Å²) in [5.41, 5.74) is -9.39. The van der Waals surface area contributed by atoms with Crippen molar-refractivity contribution in [3.05, 3.63) is 50.6 Å². The summed E-state index contributed by atoms with van der Waals surface area (Å²) in [6.45, 7) is 0.806. The Kier molecular flexibility index (Phi) is 4.43. The van der Waals surface area contributed by atoms with Crippen molar-refractivity contribution >= 4 is 11.7 Å². The molecule has 0 atom stereocenters. The van der Waals surface area contributed by atoms with Crippen LogP contribution in [0.5, 0.6) is 0 Å². The molecular formula is C15H13F6N4O3+. The summed E-state index contributed by atoms with van der Waals surface area (Å²) in [7, 11) is 0. The molecule has 28 heavy (non-hydrogen) atoms. The van der Waals surface area contributed by atoms with Crippen LogP contribution in [0, 0.1) is 0 Å². The van der Waals surface area contributed by atoms with Crippen molar-refractivity contribution < 1.29 is 35.8 Å². The third kappa shape index (κ3) is 2.81. The number of aromatic amines is 1. The number of furan rings is 1. The van der Waals surface area contributed by atoms with E-state index < -0.39 is 52.9 Å². The summed E-state index contributed by atoms with van der Waals surface area (Å²) < 4.78 is 88.3. The van der Waals surface area contributed by atoms with Crippen LogP contribution < -0.4 is 21.6 Å². The Hall–Kier alpha value is -2.99. The number of halogens is 6. The number of hydrogen-bond acceptors (Lipinski definition) is 4. The van der Waals surface area contributed by atoms with E-state index >= 15 is 0 Å². The number of amidine groups is 1. The maximum Gasteiger partial charge on any atom is 0.446 e. The Morgan fingerprint density at radius 1 is 1.18 bits per heavy atom. The topological polar surface area (TPSA) is 94.0 Å². The molecule has 3 rings (SSSR count). The summed E-state index contributed by atoms with van der Waals surface area (Å²) in [6, 6.07) is 2.79. The van der Waals surface area contributed by atoms with E-state index in [9.17, 15) is 35.9 Å². The molecule has 2 aromatic heterocycles. The minimum absolute atomic E-state index is 0.0827. The molecule has 0 bridgehead atoms. The molecule has 3 N–H and O–H groups in total. The molecule has 1 aliphatic heterocycles. The Balaban J connectivity index is 2.42. The molecule has 0 aliphatic carbocycles. The van der Waals surface area contributed by atoms with E-state index in [0.29, 0.717) is 4.57 Å². The fraction of sp³-hybridized carbons (Fsp3) is 0.400. The number of H-pyrrole nitrogens is 1. The second-order valence-electron chi connectivity index (χ2n) is 5.98. The number of nitrogens with one attached hydrogen (secondary N) is 3. The normalized spacial score (nSPS) is 16.3. The predicted octanol–water partition coefficient (Wildman–Crippen LogP) is 0.812. The van der Waals surface area contributed by atoms with E-state index in [-0.39, 0.29) is 12.2 Å². The Labute approximate surface area is 151 Å². The molecule has 0 unspecified atom stereocenters. The number of hydrogen-bond donors (Lipinski definition) is 3. The van der Waals surface area contributed by atoms with Crippen LogP contribution in [0.25, 0.3) is 0 Å². The lowest BCUT2D eigenvalue weighted by Gasteiger charge is -2.35. The van der Waals surface area contributed by atoms with Gasteiger partial charge >= 0.3 is 23.6 Å². The van der Waals surface area contributed by atoms with Gasteiger partial charge in [-0.05, 0) is 12.1 Å². The van der Waals surface area contributed by atoms with Gasteiger partial charge in [0.25, 0.3) is 5.56 Å². The molecule has 2 aromatic rings. The molecule has 3 heterocycles. The highest BCUT2D eigenvalue weighted by atomic mass is 19.4. The maximum atomic E-state index is 13.8. The summed E-state index contributed by atoms with van der Waals surface area (Å²) in [6.07, 6.45) is -11.0. The SMILES string of the molecule is CCC1=[NH+]C(C(F)(F)F)(C(F)(F)F)c2c(n(Cc3ccco3)c(=O)[nH]c2=O)N1. The van der Waals surface area contributed by atoms with Crippen molar-refractivity contribution in [1.82, 2.24) is 9.55 Å². The molecule has 0 saturated carbocycles. The molecule has 1 aliphatic rings. The van der Waals surface area contributed by atoms with Crippen LogP contribution in [0.2, 0.25) is 0 Å². The lowest BCUT2D eigenvalue weighted by Crippen LogP contribution is -2.97. The van der Waals surface area contributed by atoms with Crippen LogP contribution in [-0.2, 0) is 12.1 Å². The summed E-state index contributed by atoms with van der Waals surface area (Å²) >= 11 is 0. The van der Waals surface area contributed by atoms with Gasteiger partial charge in [-0.1, -0.05) is 6.92 Å². The lowest BCUT2D eigenvalue weighted by atomic mass is 9.88. The average molecular weight is 411 g/mol. The highest BCUT2D eigenvalue weighted by molar-refractivity contribution is 5.92. The molecule has 0 fully saturated rings. The van der Waals surface area contributed by atoms with Gasteiger partial charge in [-0.3, -0.25) is 19.3 Å². The highest BCUT2D eigenvalue weighted by Gasteiger charge is 2.78. The minimum atomic E-state index is -5.94. The lowest BCUT2D eigenvalue weighted by molar-refractivity contribution is -0.659. The molecule has 0 amide bonds. The zero-order chi connectivity index (χ0) is 20.9. The van der Waals surface area contributed by atoms with Crippen molar-refractivity contribution in [2.24, 2.45) is 0 Å². The molecule has 0 spiro atoms. The van der Waals surface area contributed by atoms with Gasteiger partial charge in [0.1, 0.15) is 11.3 Å². The smallest absolute Gasteiger partial charge is 0.446 e. The van der Waals surface area contributed by atoms with E-state index in [0.717, 1.165) is 0 Å². The van der Waals surface area contributed by atoms with Gasteiger partial charge in [-0.25, -0.2) is 10.1 Å².